The number of hydrogen-bond donors (Lipinski definition) is 2. The van der Waals surface area contributed by atoms with Crippen LogP contribution in [0.2, 0.25) is 0 Å². The molecule has 2 aliphatic heterocycles. The first-order valence-electron chi connectivity index (χ1n) is 7.54. The van der Waals surface area contributed by atoms with Gasteiger partial charge >= 0.3 is 5.97 Å². The molecule has 25 heavy (non-hydrogen) atoms. The molecule has 2 N–H and O–H groups in total. The first-order valence-corrected chi connectivity index (χ1v) is 8.74. The highest BCUT2D eigenvalue weighted by atomic mass is 79.9. The van der Waals surface area contributed by atoms with E-state index in [2.05, 4.69) is 15.9 Å². The number of thiocarbonyl (C=S) groups is 1. The number of carboxylic acid groups (broad SMARTS) is 1. The predicted molar refractivity (Wildman–Crippen MR) is 96.2 cm³/mol. The smallest absolute Gasteiger partial charge is 0.352 e. The standard InChI is InChI=1S/C17H14BrNO5S/c1-7(20)12-14-15(25)10(13(17(23)24)19(14)16(12)22)6-11(21)8-2-4-9(18)5-3-8/h2-5,7,12,14,20H,6H2,1H3,(H,23,24)/t7-,12+,14+/m0/s1. The van der Waals surface area contributed by atoms with Crippen molar-refractivity contribution in [2.75, 3.05) is 0 Å². The largest absolute Gasteiger partial charge is 0.477 e. The summed E-state index contributed by atoms with van der Waals surface area (Å²) >= 11 is 8.62. The Kier molecular flexibility index (Phi) is 4.61. The van der Waals surface area contributed by atoms with Crippen molar-refractivity contribution in [2.45, 2.75) is 25.5 Å². The summed E-state index contributed by atoms with van der Waals surface area (Å²) in [6, 6.07) is 6.02. The Morgan fingerprint density at radius 1 is 1.32 bits per heavy atom. The van der Waals surface area contributed by atoms with Crippen LogP contribution in [0.25, 0.3) is 0 Å². The number of aliphatic hydroxyl groups is 1. The van der Waals surface area contributed by atoms with E-state index in [1.54, 1.807) is 24.3 Å². The molecular formula is C17H14BrNO5S. The van der Waals surface area contributed by atoms with Crippen molar-refractivity contribution in [1.29, 1.82) is 0 Å². The van der Waals surface area contributed by atoms with E-state index in [1.165, 1.54) is 6.92 Å². The van der Waals surface area contributed by atoms with Crippen LogP contribution in [0.5, 0.6) is 0 Å². The molecule has 0 radical (unpaired) electrons. The molecule has 8 heteroatoms. The van der Waals surface area contributed by atoms with Crippen LogP contribution >= 0.6 is 28.1 Å². The predicted octanol–water partition coefficient (Wildman–Crippen LogP) is 1.95. The van der Waals surface area contributed by atoms with Crippen LogP contribution in [0.1, 0.15) is 23.7 Å². The summed E-state index contributed by atoms with van der Waals surface area (Å²) in [5, 5.41) is 19.3. The second-order valence-electron chi connectivity index (χ2n) is 6.02. The van der Waals surface area contributed by atoms with Gasteiger partial charge in [-0.25, -0.2) is 4.79 Å². The summed E-state index contributed by atoms with van der Waals surface area (Å²) in [6.45, 7) is 1.47. The minimum atomic E-state index is -1.30. The molecule has 2 heterocycles. The zero-order valence-electron chi connectivity index (χ0n) is 13.1. The number of carbonyl (C=O) groups is 3. The molecule has 0 spiro atoms. The minimum Gasteiger partial charge on any atom is -0.477 e. The van der Waals surface area contributed by atoms with E-state index in [1.807, 2.05) is 0 Å². The van der Waals surface area contributed by atoms with E-state index in [0.29, 0.717) is 5.56 Å². The second-order valence-corrected chi connectivity index (χ2v) is 7.38. The zero-order chi connectivity index (χ0) is 18.5. The van der Waals surface area contributed by atoms with Gasteiger partial charge in [0.1, 0.15) is 5.70 Å². The van der Waals surface area contributed by atoms with Crippen molar-refractivity contribution in [2.24, 2.45) is 5.92 Å². The lowest BCUT2D eigenvalue weighted by molar-refractivity contribution is -0.157. The van der Waals surface area contributed by atoms with Gasteiger partial charge in [0.15, 0.2) is 5.78 Å². The number of β-lactam (4-membered cyclic amide) rings is 1. The highest BCUT2D eigenvalue weighted by molar-refractivity contribution is 9.10. The average molecular weight is 424 g/mol. The molecule has 0 aliphatic carbocycles. The van der Waals surface area contributed by atoms with Crippen LogP contribution in [0, 0.1) is 5.92 Å². The summed E-state index contributed by atoms with van der Waals surface area (Å²) in [6.07, 6.45) is -1.14. The Labute approximate surface area is 157 Å². The molecule has 3 rings (SSSR count). The Morgan fingerprint density at radius 2 is 1.92 bits per heavy atom. The summed E-state index contributed by atoms with van der Waals surface area (Å²) < 4.78 is 0.820. The third-order valence-electron chi connectivity index (χ3n) is 4.46. The topological polar surface area (TPSA) is 94.9 Å². The van der Waals surface area contributed by atoms with Crippen LogP contribution in [-0.4, -0.2) is 49.8 Å². The lowest BCUT2D eigenvalue weighted by atomic mass is 9.82. The van der Waals surface area contributed by atoms with Crippen LogP contribution in [0.15, 0.2) is 40.0 Å². The van der Waals surface area contributed by atoms with Gasteiger partial charge in [0.2, 0.25) is 5.91 Å². The fourth-order valence-corrected chi connectivity index (χ4v) is 3.94. The summed E-state index contributed by atoms with van der Waals surface area (Å²) in [4.78, 5) is 37.7. The maximum atomic E-state index is 12.5. The van der Waals surface area contributed by atoms with E-state index >= 15 is 0 Å². The fourth-order valence-electron chi connectivity index (χ4n) is 3.25. The van der Waals surface area contributed by atoms with Crippen LogP contribution in [0.4, 0.5) is 0 Å². The number of aliphatic carboxylic acids is 1. The van der Waals surface area contributed by atoms with Crippen molar-refractivity contribution >= 4 is 50.7 Å². The third-order valence-corrected chi connectivity index (χ3v) is 5.48. The highest BCUT2D eigenvalue weighted by Crippen LogP contribution is 2.43. The van der Waals surface area contributed by atoms with E-state index < -0.39 is 29.9 Å². The zero-order valence-corrected chi connectivity index (χ0v) is 15.5. The number of carbonyl (C=O) groups excluding carboxylic acids is 2. The van der Waals surface area contributed by atoms with Gasteiger partial charge in [-0.1, -0.05) is 40.3 Å². The molecule has 1 aromatic carbocycles. The molecule has 0 unspecified atom stereocenters. The Morgan fingerprint density at radius 3 is 2.44 bits per heavy atom. The molecule has 0 bridgehead atoms. The number of nitrogens with zero attached hydrogens (tertiary/aromatic N) is 1. The first kappa shape index (κ1) is 17.9. The molecule has 3 atom stereocenters. The highest BCUT2D eigenvalue weighted by Gasteiger charge is 2.59. The third kappa shape index (κ3) is 2.84. The lowest BCUT2D eigenvalue weighted by Gasteiger charge is -2.44. The van der Waals surface area contributed by atoms with E-state index in [0.717, 1.165) is 9.37 Å². The van der Waals surface area contributed by atoms with Gasteiger partial charge in [0.25, 0.3) is 0 Å². The van der Waals surface area contributed by atoms with Crippen molar-refractivity contribution in [1.82, 2.24) is 4.90 Å². The molecule has 1 saturated heterocycles. The van der Waals surface area contributed by atoms with Gasteiger partial charge in [-0.3, -0.25) is 14.5 Å². The molecule has 2 aliphatic rings. The number of aliphatic hydroxyl groups excluding tert-OH is 1. The number of ketones is 1. The number of rotatable bonds is 5. The quantitative estimate of drug-likeness (QED) is 0.426. The van der Waals surface area contributed by atoms with Gasteiger partial charge in [0.05, 0.1) is 18.1 Å². The number of fused-ring (bicyclic) bond motifs is 1. The molecule has 1 fully saturated rings. The normalized spacial score (nSPS) is 23.4. The minimum absolute atomic E-state index is 0.178. The lowest BCUT2D eigenvalue weighted by Crippen LogP contribution is -2.63. The Balaban J connectivity index is 1.93. The van der Waals surface area contributed by atoms with Gasteiger partial charge in [-0.15, -0.1) is 0 Å². The SMILES string of the molecule is C[C@H](O)[C@H]1C(=O)N2C(C(=O)O)=C(CC(=O)c3ccc(Br)cc3)C(=S)[C@@H]12. The molecule has 130 valence electrons. The number of amides is 1. The fraction of sp³-hybridized carbons (Fsp3) is 0.294. The summed E-state index contributed by atoms with van der Waals surface area (Å²) in [5.74, 6) is -2.83. The monoisotopic (exact) mass is 423 g/mol. The van der Waals surface area contributed by atoms with E-state index in [4.69, 9.17) is 12.2 Å². The Hall–Kier alpha value is -1.90. The molecule has 6 nitrogen and oxygen atoms in total. The maximum absolute atomic E-state index is 12.5. The maximum Gasteiger partial charge on any atom is 0.352 e. The van der Waals surface area contributed by atoms with Crippen LogP contribution < -0.4 is 0 Å². The molecule has 0 saturated carbocycles. The Bertz CT molecular complexity index is 830. The first-order chi connectivity index (χ1) is 11.7. The van der Waals surface area contributed by atoms with Crippen molar-refractivity contribution in [3.63, 3.8) is 0 Å². The molecule has 1 amide bonds. The number of carboxylic acids is 1. The van der Waals surface area contributed by atoms with Gasteiger partial charge in [0, 0.05) is 26.9 Å². The van der Waals surface area contributed by atoms with Crippen molar-refractivity contribution in [3.05, 3.63) is 45.6 Å². The molecular weight excluding hydrogens is 410 g/mol. The van der Waals surface area contributed by atoms with E-state index in [9.17, 15) is 24.6 Å². The van der Waals surface area contributed by atoms with Gasteiger partial charge in [-0.05, 0) is 19.1 Å². The molecule has 1 aromatic rings. The van der Waals surface area contributed by atoms with Gasteiger partial charge in [-0.2, -0.15) is 0 Å². The second kappa shape index (κ2) is 6.44. The number of hydrogen-bond acceptors (Lipinski definition) is 5. The summed E-state index contributed by atoms with van der Waals surface area (Å²) in [7, 11) is 0. The van der Waals surface area contributed by atoms with E-state index in [-0.39, 0.29) is 28.3 Å². The number of Topliss-reactive ketones (excluding diaryl/α,β-unsaturated/α-hetero) is 1. The number of benzene rings is 1. The average Bonchev–Trinajstić information content (AvgIpc) is 2.77. The van der Waals surface area contributed by atoms with Crippen molar-refractivity contribution < 1.29 is 24.6 Å². The van der Waals surface area contributed by atoms with Crippen LogP contribution in [0.3, 0.4) is 0 Å². The van der Waals surface area contributed by atoms with Crippen LogP contribution in [-0.2, 0) is 9.59 Å². The van der Waals surface area contributed by atoms with Crippen molar-refractivity contribution in [3.8, 4) is 0 Å². The summed E-state index contributed by atoms with van der Waals surface area (Å²) in [5.41, 5.74) is 0.357. The van der Waals surface area contributed by atoms with Gasteiger partial charge < -0.3 is 10.2 Å². The molecule has 0 aromatic heterocycles. The number of halogens is 1.